The lowest BCUT2D eigenvalue weighted by Gasteiger charge is -2.17. The van der Waals surface area contributed by atoms with Crippen molar-refractivity contribution in [1.29, 1.82) is 0 Å². The molecule has 25 heavy (non-hydrogen) atoms. The van der Waals surface area contributed by atoms with Crippen LogP contribution in [0.3, 0.4) is 0 Å². The topological polar surface area (TPSA) is 91.0 Å². The van der Waals surface area contributed by atoms with Gasteiger partial charge in [-0.05, 0) is 12.5 Å². The van der Waals surface area contributed by atoms with Crippen molar-refractivity contribution in [2.75, 3.05) is 18.8 Å². The molecule has 1 aliphatic heterocycles. The summed E-state index contributed by atoms with van der Waals surface area (Å²) in [7, 11) is 0. The Bertz CT molecular complexity index is 717. The number of hydrogen-bond acceptors (Lipinski definition) is 5. The zero-order valence-corrected chi connectivity index (χ0v) is 14.9. The van der Waals surface area contributed by atoms with Crippen molar-refractivity contribution >= 4 is 23.6 Å². The molecule has 2 aromatic rings. The number of aromatic nitrogens is 3. The second-order valence-corrected chi connectivity index (χ2v) is 7.22. The van der Waals surface area contributed by atoms with Gasteiger partial charge in [-0.25, -0.2) is 0 Å². The van der Waals surface area contributed by atoms with Gasteiger partial charge in [-0.2, -0.15) is 10.3 Å². The van der Waals surface area contributed by atoms with Gasteiger partial charge in [-0.15, -0.1) is 16.9 Å². The molecule has 0 bridgehead atoms. The molecule has 132 valence electrons. The Morgan fingerprint density at radius 1 is 1.40 bits per heavy atom. The molecule has 1 fully saturated rings. The van der Waals surface area contributed by atoms with Crippen molar-refractivity contribution in [3.63, 3.8) is 0 Å². The van der Waals surface area contributed by atoms with Crippen molar-refractivity contribution in [2.45, 2.75) is 24.9 Å². The second kappa shape index (κ2) is 8.15. The Morgan fingerprint density at radius 3 is 2.92 bits per heavy atom. The largest absolute Gasteiger partial charge is 0.355 e. The van der Waals surface area contributed by atoms with E-state index in [9.17, 15) is 9.59 Å². The standard InChI is InChI=1S/C17H21N5O2S/c1-12-2-4-13(5-3-12)10-22-11-14(8-16(22)23)17(24)18-6-7-25-15-9-19-21-20-15/h2-5,9,14H,6-8,10-11H2,1H3,(H,18,24)(H,19,20,21). The molecule has 1 unspecified atom stereocenters. The summed E-state index contributed by atoms with van der Waals surface area (Å²) >= 11 is 1.52. The number of nitrogens with zero attached hydrogens (tertiary/aromatic N) is 3. The van der Waals surface area contributed by atoms with Crippen LogP contribution in [0.5, 0.6) is 0 Å². The molecule has 0 spiro atoms. The lowest BCUT2D eigenvalue weighted by atomic mass is 10.1. The maximum atomic E-state index is 12.3. The molecule has 2 heterocycles. The van der Waals surface area contributed by atoms with E-state index in [4.69, 9.17) is 0 Å². The molecule has 1 aliphatic rings. The Labute approximate surface area is 150 Å². The van der Waals surface area contributed by atoms with Gasteiger partial charge in [0.05, 0.1) is 12.1 Å². The number of aromatic amines is 1. The van der Waals surface area contributed by atoms with Crippen LogP contribution in [-0.4, -0.2) is 51.0 Å². The molecule has 8 heteroatoms. The van der Waals surface area contributed by atoms with Crippen LogP contribution in [0.1, 0.15) is 17.5 Å². The minimum absolute atomic E-state index is 0.0395. The number of carbonyl (C=O) groups excluding carboxylic acids is 2. The smallest absolute Gasteiger partial charge is 0.225 e. The molecular formula is C17H21N5O2S. The molecule has 1 atom stereocenters. The molecule has 1 aromatic carbocycles. The van der Waals surface area contributed by atoms with Gasteiger partial charge in [0.2, 0.25) is 11.8 Å². The third kappa shape index (κ3) is 4.82. The monoisotopic (exact) mass is 359 g/mol. The van der Waals surface area contributed by atoms with E-state index in [1.54, 1.807) is 11.1 Å². The number of H-pyrrole nitrogens is 1. The maximum Gasteiger partial charge on any atom is 0.225 e. The van der Waals surface area contributed by atoms with Crippen molar-refractivity contribution in [1.82, 2.24) is 25.6 Å². The first kappa shape index (κ1) is 17.5. The van der Waals surface area contributed by atoms with E-state index in [0.717, 1.165) is 10.6 Å². The number of carbonyl (C=O) groups is 2. The van der Waals surface area contributed by atoms with Crippen LogP contribution in [0.4, 0.5) is 0 Å². The minimum Gasteiger partial charge on any atom is -0.355 e. The number of nitrogens with one attached hydrogen (secondary N) is 2. The zero-order valence-electron chi connectivity index (χ0n) is 14.1. The summed E-state index contributed by atoms with van der Waals surface area (Å²) in [6.45, 7) is 3.62. The minimum atomic E-state index is -0.269. The summed E-state index contributed by atoms with van der Waals surface area (Å²) in [5.41, 5.74) is 2.28. The summed E-state index contributed by atoms with van der Waals surface area (Å²) in [5.74, 6) is 0.430. The Kier molecular flexibility index (Phi) is 5.70. The fourth-order valence-corrected chi connectivity index (χ4v) is 3.40. The number of benzene rings is 1. The predicted molar refractivity (Wildman–Crippen MR) is 94.8 cm³/mol. The van der Waals surface area contributed by atoms with Gasteiger partial charge in [0.25, 0.3) is 0 Å². The van der Waals surface area contributed by atoms with E-state index in [0.29, 0.717) is 25.4 Å². The predicted octanol–water partition coefficient (Wildman–Crippen LogP) is 1.37. The van der Waals surface area contributed by atoms with Crippen LogP contribution in [0.25, 0.3) is 0 Å². The van der Waals surface area contributed by atoms with E-state index in [1.807, 2.05) is 31.2 Å². The van der Waals surface area contributed by atoms with E-state index >= 15 is 0 Å². The molecule has 2 amide bonds. The number of likely N-dealkylation sites (tertiary alicyclic amines) is 1. The third-order valence-corrected chi connectivity index (χ3v) is 5.02. The van der Waals surface area contributed by atoms with Crippen LogP contribution in [0.2, 0.25) is 0 Å². The average Bonchev–Trinajstić information content (AvgIpc) is 3.24. The van der Waals surface area contributed by atoms with Gasteiger partial charge < -0.3 is 10.2 Å². The average molecular weight is 359 g/mol. The molecule has 3 rings (SSSR count). The Hall–Kier alpha value is -2.35. The fourth-order valence-electron chi connectivity index (χ4n) is 2.75. The number of hydrogen-bond donors (Lipinski definition) is 2. The number of amides is 2. The first-order chi connectivity index (χ1) is 12.1. The highest BCUT2D eigenvalue weighted by atomic mass is 32.2. The van der Waals surface area contributed by atoms with Crippen molar-refractivity contribution < 1.29 is 9.59 Å². The Balaban J connectivity index is 1.43. The van der Waals surface area contributed by atoms with Gasteiger partial charge in [0.15, 0.2) is 0 Å². The molecule has 1 saturated heterocycles. The molecular weight excluding hydrogens is 338 g/mol. The lowest BCUT2D eigenvalue weighted by Crippen LogP contribution is -2.34. The van der Waals surface area contributed by atoms with E-state index in [2.05, 4.69) is 20.7 Å². The molecule has 7 nitrogen and oxygen atoms in total. The quantitative estimate of drug-likeness (QED) is 0.575. The van der Waals surface area contributed by atoms with Crippen LogP contribution >= 0.6 is 11.8 Å². The maximum absolute atomic E-state index is 12.3. The summed E-state index contributed by atoms with van der Waals surface area (Å²) < 4.78 is 0. The highest BCUT2D eigenvalue weighted by Gasteiger charge is 2.33. The first-order valence-electron chi connectivity index (χ1n) is 8.21. The van der Waals surface area contributed by atoms with Crippen LogP contribution < -0.4 is 5.32 Å². The zero-order chi connectivity index (χ0) is 17.6. The number of rotatable bonds is 7. The fraction of sp³-hybridized carbons (Fsp3) is 0.412. The van der Waals surface area contributed by atoms with Crippen molar-refractivity contribution in [3.8, 4) is 0 Å². The molecule has 0 aliphatic carbocycles. The van der Waals surface area contributed by atoms with Crippen molar-refractivity contribution in [2.24, 2.45) is 5.92 Å². The number of aryl methyl sites for hydroxylation is 1. The highest BCUT2D eigenvalue weighted by Crippen LogP contribution is 2.20. The van der Waals surface area contributed by atoms with E-state index in [-0.39, 0.29) is 24.2 Å². The summed E-state index contributed by atoms with van der Waals surface area (Å²) in [6, 6.07) is 8.12. The van der Waals surface area contributed by atoms with Crippen molar-refractivity contribution in [3.05, 3.63) is 41.6 Å². The first-order valence-corrected chi connectivity index (χ1v) is 9.20. The van der Waals surface area contributed by atoms with Gasteiger partial charge in [-0.3, -0.25) is 9.59 Å². The van der Waals surface area contributed by atoms with Gasteiger partial charge >= 0.3 is 0 Å². The molecule has 0 saturated carbocycles. The van der Waals surface area contributed by atoms with Crippen LogP contribution in [0, 0.1) is 12.8 Å². The van der Waals surface area contributed by atoms with E-state index < -0.39 is 0 Å². The SMILES string of the molecule is Cc1ccc(CN2CC(C(=O)NCCSc3cn[nH]n3)CC2=O)cc1. The van der Waals surface area contributed by atoms with Crippen LogP contribution in [0.15, 0.2) is 35.5 Å². The van der Waals surface area contributed by atoms with Gasteiger partial charge in [0.1, 0.15) is 5.03 Å². The lowest BCUT2D eigenvalue weighted by molar-refractivity contribution is -0.129. The Morgan fingerprint density at radius 2 is 2.20 bits per heavy atom. The normalized spacial score (nSPS) is 17.1. The summed E-state index contributed by atoms with van der Waals surface area (Å²) in [6.07, 6.45) is 1.93. The summed E-state index contributed by atoms with van der Waals surface area (Å²) in [4.78, 5) is 26.2. The highest BCUT2D eigenvalue weighted by molar-refractivity contribution is 7.99. The molecule has 1 aromatic heterocycles. The summed E-state index contributed by atoms with van der Waals surface area (Å²) in [5, 5.41) is 13.9. The molecule has 0 radical (unpaired) electrons. The van der Waals surface area contributed by atoms with Gasteiger partial charge in [0, 0.05) is 31.8 Å². The number of thioether (sulfide) groups is 1. The van der Waals surface area contributed by atoms with Gasteiger partial charge in [-0.1, -0.05) is 29.8 Å². The van der Waals surface area contributed by atoms with E-state index in [1.165, 1.54) is 17.3 Å². The second-order valence-electron chi connectivity index (χ2n) is 6.11. The van der Waals surface area contributed by atoms with Crippen LogP contribution in [-0.2, 0) is 16.1 Å². The molecule has 2 N–H and O–H groups in total. The third-order valence-electron chi connectivity index (χ3n) is 4.12.